The average molecular weight is 335 g/mol. The van der Waals surface area contributed by atoms with Gasteiger partial charge in [-0.05, 0) is 11.1 Å². The number of hydrogen-bond donors (Lipinski definition) is 2. The molecule has 1 unspecified atom stereocenters. The van der Waals surface area contributed by atoms with Gasteiger partial charge in [0.15, 0.2) is 0 Å². The van der Waals surface area contributed by atoms with Gasteiger partial charge < -0.3 is 9.72 Å². The molecule has 0 aliphatic carbocycles. The van der Waals surface area contributed by atoms with Gasteiger partial charge in [-0.1, -0.05) is 60.7 Å². The Balaban J connectivity index is 1.61. The molecule has 1 atom stereocenters. The van der Waals surface area contributed by atoms with Crippen molar-refractivity contribution in [3.8, 4) is 0 Å². The largest absolute Gasteiger partial charge is 0.460 e. The molecule has 0 spiro atoms. The topological polar surface area (TPSA) is 67.0 Å². The standard InChI is InChI=1S/C20H21N3O2/c24-20(25-14-17-9-5-2-6-10-17)19(11-18-13-21-15-23-18)22-12-16-7-3-1-4-8-16/h1-10,13,15,19,22H,11-12,14H2,(H,21,23). The van der Waals surface area contributed by atoms with Gasteiger partial charge in [-0.25, -0.2) is 4.98 Å². The zero-order valence-corrected chi connectivity index (χ0v) is 13.9. The molecule has 0 radical (unpaired) electrons. The summed E-state index contributed by atoms with van der Waals surface area (Å²) in [6.07, 6.45) is 3.88. The molecule has 128 valence electrons. The van der Waals surface area contributed by atoms with Crippen LogP contribution >= 0.6 is 0 Å². The number of nitrogens with zero attached hydrogens (tertiary/aromatic N) is 1. The summed E-state index contributed by atoms with van der Waals surface area (Å²) in [6.45, 7) is 0.861. The molecule has 0 saturated heterocycles. The van der Waals surface area contributed by atoms with Crippen LogP contribution in [-0.4, -0.2) is 22.0 Å². The van der Waals surface area contributed by atoms with Gasteiger partial charge in [-0.2, -0.15) is 0 Å². The third-order valence-electron chi connectivity index (χ3n) is 3.87. The van der Waals surface area contributed by atoms with E-state index < -0.39 is 6.04 Å². The van der Waals surface area contributed by atoms with Crippen molar-refractivity contribution >= 4 is 5.97 Å². The van der Waals surface area contributed by atoms with Crippen molar-refractivity contribution in [2.45, 2.75) is 25.6 Å². The molecular formula is C20H21N3O2. The number of H-pyrrole nitrogens is 1. The lowest BCUT2D eigenvalue weighted by molar-refractivity contribution is -0.147. The van der Waals surface area contributed by atoms with Crippen molar-refractivity contribution in [2.75, 3.05) is 0 Å². The highest BCUT2D eigenvalue weighted by Gasteiger charge is 2.21. The van der Waals surface area contributed by atoms with Crippen LogP contribution in [-0.2, 0) is 29.1 Å². The van der Waals surface area contributed by atoms with Gasteiger partial charge in [0.25, 0.3) is 0 Å². The van der Waals surface area contributed by atoms with Gasteiger partial charge >= 0.3 is 5.97 Å². The van der Waals surface area contributed by atoms with Crippen LogP contribution in [0.25, 0.3) is 0 Å². The summed E-state index contributed by atoms with van der Waals surface area (Å²) < 4.78 is 5.49. The molecule has 3 aromatic rings. The summed E-state index contributed by atoms with van der Waals surface area (Å²) in [6, 6.07) is 19.2. The second-order valence-corrected chi connectivity index (χ2v) is 5.78. The summed E-state index contributed by atoms with van der Waals surface area (Å²) >= 11 is 0. The van der Waals surface area contributed by atoms with Crippen molar-refractivity contribution in [3.63, 3.8) is 0 Å². The Morgan fingerprint density at radius 3 is 2.36 bits per heavy atom. The Morgan fingerprint density at radius 1 is 1.04 bits per heavy atom. The number of carbonyl (C=O) groups is 1. The van der Waals surface area contributed by atoms with E-state index in [0.29, 0.717) is 13.0 Å². The van der Waals surface area contributed by atoms with E-state index in [2.05, 4.69) is 15.3 Å². The number of nitrogens with one attached hydrogen (secondary N) is 2. The number of esters is 1. The lowest BCUT2D eigenvalue weighted by Gasteiger charge is -2.17. The molecule has 0 fully saturated rings. The van der Waals surface area contributed by atoms with Crippen LogP contribution in [0.5, 0.6) is 0 Å². The second-order valence-electron chi connectivity index (χ2n) is 5.78. The summed E-state index contributed by atoms with van der Waals surface area (Å²) in [5.74, 6) is -0.275. The number of aromatic nitrogens is 2. The lowest BCUT2D eigenvalue weighted by Crippen LogP contribution is -2.39. The maximum atomic E-state index is 12.5. The van der Waals surface area contributed by atoms with Crippen LogP contribution in [0.2, 0.25) is 0 Å². The van der Waals surface area contributed by atoms with E-state index in [1.54, 1.807) is 12.5 Å². The summed E-state index contributed by atoms with van der Waals surface area (Å²) in [5, 5.41) is 3.28. The Labute approximate surface area is 147 Å². The van der Waals surface area contributed by atoms with Crippen molar-refractivity contribution in [1.29, 1.82) is 0 Å². The minimum atomic E-state index is -0.452. The van der Waals surface area contributed by atoms with Crippen LogP contribution in [0.15, 0.2) is 73.2 Å². The minimum absolute atomic E-state index is 0.268. The monoisotopic (exact) mass is 335 g/mol. The van der Waals surface area contributed by atoms with Gasteiger partial charge in [0.2, 0.25) is 0 Å². The highest BCUT2D eigenvalue weighted by atomic mass is 16.5. The summed E-state index contributed by atoms with van der Waals surface area (Å²) in [4.78, 5) is 19.7. The number of aromatic amines is 1. The van der Waals surface area contributed by atoms with Gasteiger partial charge in [-0.15, -0.1) is 0 Å². The van der Waals surface area contributed by atoms with Crippen molar-refractivity contribution in [3.05, 3.63) is 90.0 Å². The molecule has 0 amide bonds. The van der Waals surface area contributed by atoms with E-state index in [-0.39, 0.29) is 12.6 Å². The highest BCUT2D eigenvalue weighted by molar-refractivity contribution is 5.76. The predicted octanol–water partition coefficient (Wildman–Crippen LogP) is 2.85. The quantitative estimate of drug-likeness (QED) is 0.621. The van der Waals surface area contributed by atoms with Crippen molar-refractivity contribution in [1.82, 2.24) is 15.3 Å². The average Bonchev–Trinajstić information content (AvgIpc) is 3.18. The zero-order chi connectivity index (χ0) is 17.3. The third-order valence-corrected chi connectivity index (χ3v) is 3.87. The molecule has 1 heterocycles. The first-order valence-electron chi connectivity index (χ1n) is 8.27. The Kier molecular flexibility index (Phi) is 5.96. The number of benzene rings is 2. The molecule has 2 aromatic carbocycles. The van der Waals surface area contributed by atoms with Gasteiger partial charge in [-0.3, -0.25) is 10.1 Å². The van der Waals surface area contributed by atoms with E-state index in [1.807, 2.05) is 60.7 Å². The molecule has 0 saturated carbocycles. The first kappa shape index (κ1) is 16.9. The maximum Gasteiger partial charge on any atom is 0.323 e. The first-order valence-corrected chi connectivity index (χ1v) is 8.27. The molecule has 5 nitrogen and oxygen atoms in total. The van der Waals surface area contributed by atoms with Crippen molar-refractivity contribution < 1.29 is 9.53 Å². The van der Waals surface area contributed by atoms with Crippen LogP contribution in [0.4, 0.5) is 0 Å². The van der Waals surface area contributed by atoms with E-state index in [0.717, 1.165) is 16.8 Å². The smallest absolute Gasteiger partial charge is 0.323 e. The fraction of sp³-hybridized carbons (Fsp3) is 0.200. The number of hydrogen-bond acceptors (Lipinski definition) is 4. The Hall–Kier alpha value is -2.92. The molecular weight excluding hydrogens is 314 g/mol. The normalized spacial score (nSPS) is 11.8. The maximum absolute atomic E-state index is 12.5. The van der Waals surface area contributed by atoms with Crippen LogP contribution in [0.3, 0.4) is 0 Å². The molecule has 2 N–H and O–H groups in total. The van der Waals surface area contributed by atoms with E-state index in [9.17, 15) is 4.79 Å². The number of carbonyl (C=O) groups excluding carboxylic acids is 1. The fourth-order valence-electron chi connectivity index (χ4n) is 2.52. The second kappa shape index (κ2) is 8.80. The fourth-order valence-corrected chi connectivity index (χ4v) is 2.52. The number of ether oxygens (including phenoxy) is 1. The molecule has 5 heteroatoms. The van der Waals surface area contributed by atoms with Crippen molar-refractivity contribution in [2.24, 2.45) is 0 Å². The highest BCUT2D eigenvalue weighted by Crippen LogP contribution is 2.07. The van der Waals surface area contributed by atoms with E-state index in [1.165, 1.54) is 0 Å². The van der Waals surface area contributed by atoms with Gasteiger partial charge in [0.1, 0.15) is 12.6 Å². The Morgan fingerprint density at radius 2 is 1.72 bits per heavy atom. The van der Waals surface area contributed by atoms with E-state index >= 15 is 0 Å². The molecule has 0 aliphatic heterocycles. The summed E-state index contributed by atoms with van der Waals surface area (Å²) in [5.41, 5.74) is 2.91. The zero-order valence-electron chi connectivity index (χ0n) is 13.9. The molecule has 0 bridgehead atoms. The lowest BCUT2D eigenvalue weighted by atomic mass is 10.1. The third kappa shape index (κ3) is 5.29. The Bertz CT molecular complexity index is 758. The number of imidazole rings is 1. The van der Waals surface area contributed by atoms with Crippen LogP contribution in [0.1, 0.15) is 16.8 Å². The van der Waals surface area contributed by atoms with Gasteiger partial charge in [0, 0.05) is 19.2 Å². The number of rotatable bonds is 8. The summed E-state index contributed by atoms with van der Waals surface area (Å²) in [7, 11) is 0. The predicted molar refractivity (Wildman–Crippen MR) is 95.6 cm³/mol. The van der Waals surface area contributed by atoms with Crippen LogP contribution < -0.4 is 5.32 Å². The van der Waals surface area contributed by atoms with E-state index in [4.69, 9.17) is 4.74 Å². The molecule has 1 aromatic heterocycles. The minimum Gasteiger partial charge on any atom is -0.460 e. The molecule has 0 aliphatic rings. The first-order chi connectivity index (χ1) is 12.3. The van der Waals surface area contributed by atoms with Gasteiger partial charge in [0.05, 0.1) is 12.0 Å². The SMILES string of the molecule is O=C(OCc1ccccc1)C(Cc1c[nH]cn1)NCc1ccccc1. The van der Waals surface area contributed by atoms with Crippen LogP contribution in [0, 0.1) is 0 Å². The molecule has 25 heavy (non-hydrogen) atoms. The molecule has 3 rings (SSSR count).